The van der Waals surface area contributed by atoms with Gasteiger partial charge in [-0.2, -0.15) is 0 Å². The Morgan fingerprint density at radius 2 is 1.65 bits per heavy atom. The van der Waals surface area contributed by atoms with E-state index in [1.165, 1.54) is 17.3 Å². The smallest absolute Gasteiger partial charge is 0.270 e. The van der Waals surface area contributed by atoms with Gasteiger partial charge < -0.3 is 9.64 Å². The van der Waals surface area contributed by atoms with Crippen LogP contribution in [-0.4, -0.2) is 41.4 Å². The largest absolute Gasteiger partial charge is 0.494 e. The van der Waals surface area contributed by atoms with Crippen LogP contribution >= 0.6 is 36.4 Å². The number of thiocarbonyl (C=S) groups is 1. The molecular formula is C27H35ClN2O2S2. The van der Waals surface area contributed by atoms with E-state index in [4.69, 9.17) is 17.0 Å². The number of carbonyl (C=O) groups is 1. The second-order valence-electron chi connectivity index (χ2n) is 9.11. The van der Waals surface area contributed by atoms with Crippen LogP contribution in [0.2, 0.25) is 0 Å². The summed E-state index contributed by atoms with van der Waals surface area (Å²) in [5.41, 5.74) is 3.13. The number of hydrogen-bond acceptors (Lipinski definition) is 5. The van der Waals surface area contributed by atoms with Crippen LogP contribution in [0, 0.1) is 0 Å². The van der Waals surface area contributed by atoms with E-state index in [0.717, 1.165) is 43.1 Å². The highest BCUT2D eigenvalue weighted by molar-refractivity contribution is 8.27. The molecule has 1 saturated heterocycles. The van der Waals surface area contributed by atoms with Gasteiger partial charge in [-0.15, -0.1) is 12.4 Å². The van der Waals surface area contributed by atoms with Gasteiger partial charge >= 0.3 is 0 Å². The number of hydrogen-bond donors (Lipinski definition) is 0. The summed E-state index contributed by atoms with van der Waals surface area (Å²) in [4.78, 5) is 17.7. The highest BCUT2D eigenvalue weighted by Gasteiger charge is 2.33. The number of anilines is 1. The van der Waals surface area contributed by atoms with Crippen LogP contribution in [0.25, 0.3) is 6.08 Å². The molecule has 1 amide bonds. The van der Waals surface area contributed by atoms with E-state index in [-0.39, 0.29) is 23.7 Å². The van der Waals surface area contributed by atoms with Crippen molar-refractivity contribution in [2.45, 2.75) is 46.5 Å². The number of carbonyl (C=O) groups excluding carboxylic acids is 1. The molecule has 34 heavy (non-hydrogen) atoms. The van der Waals surface area contributed by atoms with Gasteiger partial charge in [0.2, 0.25) is 0 Å². The van der Waals surface area contributed by atoms with Crippen molar-refractivity contribution in [2.75, 3.05) is 31.1 Å². The van der Waals surface area contributed by atoms with Gasteiger partial charge in [0.25, 0.3) is 5.91 Å². The van der Waals surface area contributed by atoms with E-state index < -0.39 is 0 Å². The maximum Gasteiger partial charge on any atom is 0.270 e. The molecule has 3 rings (SSSR count). The molecule has 7 heteroatoms. The van der Waals surface area contributed by atoms with Crippen LogP contribution in [0.15, 0.2) is 53.4 Å². The van der Waals surface area contributed by atoms with Crippen molar-refractivity contribution in [3.8, 4) is 5.75 Å². The summed E-state index contributed by atoms with van der Waals surface area (Å²) in [5, 5.41) is 0. The SMILES string of the molecule is CCN(CC)CCCOc1ccc(N2C(=O)C(=Cc3ccc(C(C)(C)C)cc3)SC2=S)cc1.Cl. The number of rotatable bonds is 9. The normalized spacial score (nSPS) is 15.2. The first kappa shape index (κ1) is 28.4. The Bertz CT molecular complexity index is 995. The average molecular weight is 519 g/mol. The van der Waals surface area contributed by atoms with Crippen molar-refractivity contribution >= 4 is 58.4 Å². The lowest BCUT2D eigenvalue weighted by Gasteiger charge is -2.18. The highest BCUT2D eigenvalue weighted by Crippen LogP contribution is 2.36. The van der Waals surface area contributed by atoms with Gasteiger partial charge in [0, 0.05) is 6.54 Å². The Hall–Kier alpha value is -1.86. The molecule has 0 unspecified atom stereocenters. The summed E-state index contributed by atoms with van der Waals surface area (Å²) in [5.74, 6) is 0.719. The summed E-state index contributed by atoms with van der Waals surface area (Å²) >= 11 is 6.86. The monoisotopic (exact) mass is 518 g/mol. The second kappa shape index (κ2) is 12.7. The molecule has 184 valence electrons. The van der Waals surface area contributed by atoms with Crippen LogP contribution in [-0.2, 0) is 10.2 Å². The van der Waals surface area contributed by atoms with Crippen LogP contribution in [0.5, 0.6) is 5.75 Å². The fourth-order valence-electron chi connectivity index (χ4n) is 3.63. The van der Waals surface area contributed by atoms with Gasteiger partial charge in [-0.05, 0) is 66.4 Å². The van der Waals surface area contributed by atoms with Crippen molar-refractivity contribution < 1.29 is 9.53 Å². The number of ether oxygens (including phenoxy) is 1. The molecule has 0 radical (unpaired) electrons. The molecule has 1 aliphatic heterocycles. The molecule has 1 aliphatic rings. The number of halogens is 1. The lowest BCUT2D eigenvalue weighted by atomic mass is 9.87. The van der Waals surface area contributed by atoms with E-state index in [1.807, 2.05) is 30.3 Å². The van der Waals surface area contributed by atoms with E-state index >= 15 is 0 Å². The molecule has 1 fully saturated rings. The first-order chi connectivity index (χ1) is 15.7. The predicted octanol–water partition coefficient (Wildman–Crippen LogP) is 6.92. The van der Waals surface area contributed by atoms with Crippen molar-refractivity contribution in [3.63, 3.8) is 0 Å². The maximum atomic E-state index is 13.1. The Labute approximate surface area is 220 Å². The van der Waals surface area contributed by atoms with Crippen molar-refractivity contribution in [1.29, 1.82) is 0 Å². The zero-order valence-electron chi connectivity index (χ0n) is 20.7. The van der Waals surface area contributed by atoms with Crippen LogP contribution < -0.4 is 9.64 Å². The molecule has 2 aromatic carbocycles. The summed E-state index contributed by atoms with van der Waals surface area (Å²) in [7, 11) is 0. The quantitative estimate of drug-likeness (QED) is 0.204. The Morgan fingerprint density at radius 3 is 2.21 bits per heavy atom. The third kappa shape index (κ3) is 7.32. The topological polar surface area (TPSA) is 32.8 Å². The van der Waals surface area contributed by atoms with E-state index in [0.29, 0.717) is 15.8 Å². The van der Waals surface area contributed by atoms with E-state index in [1.54, 1.807) is 4.90 Å². The van der Waals surface area contributed by atoms with Gasteiger partial charge in [-0.25, -0.2) is 0 Å². The van der Waals surface area contributed by atoms with E-state index in [9.17, 15) is 4.79 Å². The van der Waals surface area contributed by atoms with Gasteiger partial charge in [-0.1, -0.05) is 82.9 Å². The average Bonchev–Trinajstić information content (AvgIpc) is 3.07. The molecule has 0 saturated carbocycles. The zero-order chi connectivity index (χ0) is 24.0. The standard InChI is InChI=1S/C27H34N2O2S2.ClH/c1-6-28(7-2)17-8-18-31-23-15-13-22(14-16-23)29-25(30)24(33-26(29)32)19-20-9-11-21(12-10-20)27(3,4)5;/h9-16,19H,6-8,17-18H2,1-5H3;1H. The molecule has 0 atom stereocenters. The fraction of sp³-hybridized carbons (Fsp3) is 0.407. The van der Waals surface area contributed by atoms with Gasteiger partial charge in [0.05, 0.1) is 17.2 Å². The minimum Gasteiger partial charge on any atom is -0.494 e. The molecule has 2 aromatic rings. The molecule has 1 heterocycles. The summed E-state index contributed by atoms with van der Waals surface area (Å²) in [6, 6.07) is 15.9. The molecule has 0 spiro atoms. The van der Waals surface area contributed by atoms with Gasteiger partial charge in [-0.3, -0.25) is 9.69 Å². The van der Waals surface area contributed by atoms with Gasteiger partial charge in [0.15, 0.2) is 4.32 Å². The molecule has 4 nitrogen and oxygen atoms in total. The number of benzene rings is 2. The molecule has 0 aromatic heterocycles. The Morgan fingerprint density at radius 1 is 1.03 bits per heavy atom. The number of thioether (sulfide) groups is 1. The third-order valence-electron chi connectivity index (χ3n) is 5.74. The number of nitrogens with zero attached hydrogens (tertiary/aromatic N) is 2. The Balaban J connectivity index is 0.00000408. The summed E-state index contributed by atoms with van der Waals surface area (Å²) in [6.07, 6.45) is 2.90. The molecule has 0 bridgehead atoms. The lowest BCUT2D eigenvalue weighted by Crippen LogP contribution is -2.27. The minimum absolute atomic E-state index is 0. The van der Waals surface area contributed by atoms with Crippen molar-refractivity contribution in [2.24, 2.45) is 0 Å². The fourth-order valence-corrected chi connectivity index (χ4v) is 4.93. The summed E-state index contributed by atoms with van der Waals surface area (Å²) in [6.45, 7) is 14.8. The van der Waals surface area contributed by atoms with E-state index in [2.05, 4.69) is 63.8 Å². The number of amides is 1. The maximum absolute atomic E-state index is 13.1. The predicted molar refractivity (Wildman–Crippen MR) is 152 cm³/mol. The minimum atomic E-state index is -0.0854. The Kier molecular flexibility index (Phi) is 10.6. The molecular weight excluding hydrogens is 484 g/mol. The van der Waals surface area contributed by atoms with Crippen LogP contribution in [0.3, 0.4) is 0 Å². The highest BCUT2D eigenvalue weighted by atomic mass is 35.5. The lowest BCUT2D eigenvalue weighted by molar-refractivity contribution is -0.113. The van der Waals surface area contributed by atoms with Crippen molar-refractivity contribution in [3.05, 3.63) is 64.6 Å². The zero-order valence-corrected chi connectivity index (χ0v) is 23.1. The van der Waals surface area contributed by atoms with Crippen molar-refractivity contribution in [1.82, 2.24) is 4.90 Å². The van der Waals surface area contributed by atoms with Crippen LogP contribution in [0.4, 0.5) is 5.69 Å². The summed E-state index contributed by atoms with van der Waals surface area (Å²) < 4.78 is 6.42. The van der Waals surface area contributed by atoms with Gasteiger partial charge in [0.1, 0.15) is 5.75 Å². The van der Waals surface area contributed by atoms with Crippen LogP contribution in [0.1, 0.15) is 52.2 Å². The molecule has 0 N–H and O–H groups in total. The third-order valence-corrected chi connectivity index (χ3v) is 7.05. The first-order valence-corrected chi connectivity index (χ1v) is 12.8. The molecule has 0 aliphatic carbocycles. The second-order valence-corrected chi connectivity index (χ2v) is 10.8. The first-order valence-electron chi connectivity index (χ1n) is 11.6.